The molecule has 0 bridgehead atoms. The van der Waals surface area contributed by atoms with Crippen molar-refractivity contribution in [2.24, 2.45) is 10.9 Å². The largest absolute Gasteiger partial charge is 0.466 e. The maximum absolute atomic E-state index is 12.6. The fourth-order valence-electron chi connectivity index (χ4n) is 3.14. The van der Waals surface area contributed by atoms with E-state index in [1.165, 1.54) is 25.3 Å². The van der Waals surface area contributed by atoms with E-state index in [9.17, 15) is 19.7 Å². The summed E-state index contributed by atoms with van der Waals surface area (Å²) in [5, 5.41) is 11.1. The van der Waals surface area contributed by atoms with Crippen LogP contribution >= 0.6 is 0 Å². The molecule has 0 radical (unpaired) electrons. The zero-order valence-electron chi connectivity index (χ0n) is 15.0. The molecule has 1 heterocycles. The van der Waals surface area contributed by atoms with Crippen molar-refractivity contribution in [2.75, 3.05) is 13.7 Å². The van der Waals surface area contributed by atoms with Crippen LogP contribution in [0.25, 0.3) is 0 Å². The van der Waals surface area contributed by atoms with Crippen LogP contribution in [-0.2, 0) is 19.1 Å². The number of nitro groups is 1. The zero-order valence-corrected chi connectivity index (χ0v) is 15.0. The molecule has 138 valence electrons. The van der Waals surface area contributed by atoms with Gasteiger partial charge in [0, 0.05) is 29.5 Å². The van der Waals surface area contributed by atoms with Crippen LogP contribution < -0.4 is 0 Å². The highest BCUT2D eigenvalue weighted by molar-refractivity contribution is 6.07. The summed E-state index contributed by atoms with van der Waals surface area (Å²) in [5.74, 6) is -2.82. The van der Waals surface area contributed by atoms with Crippen molar-refractivity contribution in [2.45, 2.75) is 26.7 Å². The van der Waals surface area contributed by atoms with Gasteiger partial charge in [0.2, 0.25) is 0 Å². The fraction of sp³-hybridized carbons (Fsp3) is 0.389. The van der Waals surface area contributed by atoms with Crippen molar-refractivity contribution in [3.05, 3.63) is 51.2 Å². The summed E-state index contributed by atoms with van der Waals surface area (Å²) in [6, 6.07) is 5.85. The van der Waals surface area contributed by atoms with E-state index >= 15 is 0 Å². The smallest absolute Gasteiger partial charge is 0.336 e. The van der Waals surface area contributed by atoms with Crippen molar-refractivity contribution < 1.29 is 24.0 Å². The van der Waals surface area contributed by atoms with Gasteiger partial charge in [0.05, 0.1) is 24.2 Å². The SMILES string of the molecule is CCOC(=O)C1C(C)=NC(C)=C(C(=O)OC)[C@H]1c1cccc([N+](=O)[O-])c1. The first-order valence-electron chi connectivity index (χ1n) is 8.07. The first-order valence-corrected chi connectivity index (χ1v) is 8.07. The topological polar surface area (TPSA) is 108 Å². The van der Waals surface area contributed by atoms with E-state index in [0.717, 1.165) is 0 Å². The van der Waals surface area contributed by atoms with E-state index in [4.69, 9.17) is 9.47 Å². The minimum atomic E-state index is -0.866. The summed E-state index contributed by atoms with van der Waals surface area (Å²) in [6.07, 6.45) is 0. The number of nitrogens with zero attached hydrogens (tertiary/aromatic N) is 2. The first kappa shape index (κ1) is 19.3. The second-order valence-corrected chi connectivity index (χ2v) is 5.80. The average molecular weight is 360 g/mol. The third kappa shape index (κ3) is 3.63. The van der Waals surface area contributed by atoms with Crippen LogP contribution in [0.2, 0.25) is 0 Å². The molecule has 0 spiro atoms. The van der Waals surface area contributed by atoms with E-state index in [-0.39, 0.29) is 17.9 Å². The van der Waals surface area contributed by atoms with Crippen LogP contribution in [0.15, 0.2) is 40.5 Å². The number of hydrogen-bond acceptors (Lipinski definition) is 7. The summed E-state index contributed by atoms with van der Waals surface area (Å²) in [5.41, 5.74) is 1.39. The molecule has 1 aliphatic rings. The lowest BCUT2D eigenvalue weighted by atomic mass is 9.75. The number of aliphatic imine (C=N–C) groups is 1. The number of allylic oxidation sites excluding steroid dienone is 1. The van der Waals surface area contributed by atoms with Gasteiger partial charge in [0.15, 0.2) is 0 Å². The molecular weight excluding hydrogens is 340 g/mol. The Kier molecular flexibility index (Phi) is 5.86. The van der Waals surface area contributed by atoms with Crippen molar-refractivity contribution in [1.29, 1.82) is 0 Å². The first-order chi connectivity index (χ1) is 12.3. The van der Waals surface area contributed by atoms with Gasteiger partial charge in [-0.1, -0.05) is 12.1 Å². The molecule has 2 rings (SSSR count). The van der Waals surface area contributed by atoms with Crippen molar-refractivity contribution >= 4 is 23.3 Å². The Morgan fingerprint density at radius 1 is 1.31 bits per heavy atom. The molecule has 1 unspecified atom stereocenters. The maximum Gasteiger partial charge on any atom is 0.336 e. The lowest BCUT2D eigenvalue weighted by Gasteiger charge is -2.31. The Balaban J connectivity index is 2.68. The van der Waals surface area contributed by atoms with Crippen molar-refractivity contribution in [1.82, 2.24) is 0 Å². The van der Waals surface area contributed by atoms with Gasteiger partial charge in [-0.05, 0) is 26.3 Å². The maximum atomic E-state index is 12.6. The summed E-state index contributed by atoms with van der Waals surface area (Å²) in [7, 11) is 1.23. The number of esters is 2. The van der Waals surface area contributed by atoms with Crippen molar-refractivity contribution in [3.63, 3.8) is 0 Å². The van der Waals surface area contributed by atoms with Gasteiger partial charge in [-0.3, -0.25) is 19.9 Å². The number of nitro benzene ring substituents is 1. The van der Waals surface area contributed by atoms with Crippen molar-refractivity contribution in [3.8, 4) is 0 Å². The minimum absolute atomic E-state index is 0.132. The van der Waals surface area contributed by atoms with E-state index in [0.29, 0.717) is 17.0 Å². The summed E-state index contributed by atoms with van der Waals surface area (Å²) >= 11 is 0. The Morgan fingerprint density at radius 3 is 2.58 bits per heavy atom. The molecule has 0 N–H and O–H groups in total. The number of hydrogen-bond donors (Lipinski definition) is 0. The van der Waals surface area contributed by atoms with E-state index in [2.05, 4.69) is 4.99 Å². The number of carbonyl (C=O) groups excluding carboxylic acids is 2. The Bertz CT molecular complexity index is 812. The summed E-state index contributed by atoms with van der Waals surface area (Å²) in [6.45, 7) is 5.16. The molecule has 2 atom stereocenters. The molecule has 0 amide bonds. The van der Waals surface area contributed by atoms with Gasteiger partial charge in [-0.2, -0.15) is 0 Å². The van der Waals surface area contributed by atoms with E-state index < -0.39 is 28.7 Å². The van der Waals surface area contributed by atoms with E-state index in [1.807, 2.05) is 0 Å². The zero-order chi connectivity index (χ0) is 19.4. The highest BCUT2D eigenvalue weighted by atomic mass is 16.6. The number of rotatable bonds is 5. The summed E-state index contributed by atoms with van der Waals surface area (Å²) in [4.78, 5) is 39.9. The second kappa shape index (κ2) is 7.90. The number of ether oxygens (including phenoxy) is 2. The normalized spacial score (nSPS) is 19.6. The van der Waals surface area contributed by atoms with Gasteiger partial charge in [0.25, 0.3) is 5.69 Å². The van der Waals surface area contributed by atoms with Crippen LogP contribution in [0.4, 0.5) is 5.69 Å². The molecule has 0 saturated heterocycles. The highest BCUT2D eigenvalue weighted by Crippen LogP contribution is 2.40. The third-order valence-corrected chi connectivity index (χ3v) is 4.21. The molecule has 1 aliphatic heterocycles. The van der Waals surface area contributed by atoms with Crippen LogP contribution in [0, 0.1) is 16.0 Å². The second-order valence-electron chi connectivity index (χ2n) is 5.80. The van der Waals surface area contributed by atoms with Gasteiger partial charge < -0.3 is 9.47 Å². The molecule has 8 nitrogen and oxygen atoms in total. The van der Waals surface area contributed by atoms with E-state index in [1.54, 1.807) is 26.8 Å². The molecule has 0 fully saturated rings. The van der Waals surface area contributed by atoms with Crippen LogP contribution in [0.5, 0.6) is 0 Å². The third-order valence-electron chi connectivity index (χ3n) is 4.21. The number of methoxy groups -OCH3 is 1. The monoisotopic (exact) mass is 360 g/mol. The molecule has 0 saturated carbocycles. The number of carbonyl (C=O) groups is 2. The minimum Gasteiger partial charge on any atom is -0.466 e. The van der Waals surface area contributed by atoms with Crippen LogP contribution in [-0.4, -0.2) is 36.3 Å². The Labute approximate surface area is 150 Å². The quantitative estimate of drug-likeness (QED) is 0.454. The standard InChI is InChI=1S/C18H20N2O6/c1-5-26-18(22)15-11(3)19-10(2)14(17(21)25-4)16(15)12-7-6-8-13(9-12)20(23)24/h6-9,15-16H,5H2,1-4H3/t15?,16-/m1/s1. The van der Waals surface area contributed by atoms with Gasteiger partial charge in [-0.25, -0.2) is 4.79 Å². The van der Waals surface area contributed by atoms with Gasteiger partial charge in [-0.15, -0.1) is 0 Å². The Hall–Kier alpha value is -3.03. The lowest BCUT2D eigenvalue weighted by Crippen LogP contribution is -2.36. The van der Waals surface area contributed by atoms with Gasteiger partial charge >= 0.3 is 11.9 Å². The molecule has 0 aliphatic carbocycles. The number of non-ortho nitro benzene ring substituents is 1. The fourth-order valence-corrected chi connectivity index (χ4v) is 3.14. The lowest BCUT2D eigenvalue weighted by molar-refractivity contribution is -0.384. The van der Waals surface area contributed by atoms with Crippen LogP contribution in [0.1, 0.15) is 32.3 Å². The Morgan fingerprint density at radius 2 is 2.00 bits per heavy atom. The summed E-state index contributed by atoms with van der Waals surface area (Å²) < 4.78 is 10.0. The molecule has 1 aromatic rings. The molecular formula is C18H20N2O6. The molecule has 0 aromatic heterocycles. The molecule has 26 heavy (non-hydrogen) atoms. The predicted molar refractivity (Wildman–Crippen MR) is 93.8 cm³/mol. The highest BCUT2D eigenvalue weighted by Gasteiger charge is 2.42. The molecule has 1 aromatic carbocycles. The van der Waals surface area contributed by atoms with Gasteiger partial charge in [0.1, 0.15) is 5.92 Å². The predicted octanol–water partition coefficient (Wildman–Crippen LogP) is 2.78. The molecule has 8 heteroatoms. The number of benzene rings is 1. The van der Waals surface area contributed by atoms with Crippen LogP contribution in [0.3, 0.4) is 0 Å². The average Bonchev–Trinajstić information content (AvgIpc) is 2.60.